The third-order valence-electron chi connectivity index (χ3n) is 4.75. The molecule has 28 heavy (non-hydrogen) atoms. The maximum absolute atomic E-state index is 13.1. The Kier molecular flexibility index (Phi) is 4.89. The number of anilines is 1. The van der Waals surface area contributed by atoms with Crippen LogP contribution in [0.2, 0.25) is 0 Å². The van der Waals surface area contributed by atoms with Gasteiger partial charge in [-0.05, 0) is 48.4 Å². The maximum atomic E-state index is 13.1. The molecule has 1 N–H and O–H groups in total. The minimum atomic E-state index is -0.339. The first-order valence-corrected chi connectivity index (χ1v) is 9.07. The number of hydrogen-bond donors (Lipinski definition) is 1. The van der Waals surface area contributed by atoms with Gasteiger partial charge in [-0.15, -0.1) is 0 Å². The van der Waals surface area contributed by atoms with Crippen LogP contribution in [0.5, 0.6) is 0 Å². The van der Waals surface area contributed by atoms with E-state index in [9.17, 15) is 14.0 Å². The quantitative estimate of drug-likeness (QED) is 0.742. The Labute approximate surface area is 161 Å². The SMILES string of the molecule is O=C(NCc1ccc(N2CCCC2=O)cc1)c1cncn1-c1ccc(F)cc1. The van der Waals surface area contributed by atoms with Crippen LogP contribution in [0.4, 0.5) is 10.1 Å². The monoisotopic (exact) mass is 378 g/mol. The molecular formula is C21H19FN4O2. The van der Waals surface area contributed by atoms with Gasteiger partial charge in [-0.1, -0.05) is 12.1 Å². The van der Waals surface area contributed by atoms with E-state index in [0.717, 1.165) is 24.2 Å². The van der Waals surface area contributed by atoms with Crippen molar-refractivity contribution in [1.29, 1.82) is 0 Å². The van der Waals surface area contributed by atoms with Crippen LogP contribution in [0.15, 0.2) is 61.1 Å². The Bertz CT molecular complexity index is 996. The number of nitrogens with zero attached hydrogens (tertiary/aromatic N) is 3. The van der Waals surface area contributed by atoms with E-state index >= 15 is 0 Å². The van der Waals surface area contributed by atoms with Gasteiger partial charge < -0.3 is 10.2 Å². The van der Waals surface area contributed by atoms with Crippen LogP contribution >= 0.6 is 0 Å². The van der Waals surface area contributed by atoms with Crippen molar-refractivity contribution in [1.82, 2.24) is 14.9 Å². The number of nitrogens with one attached hydrogen (secondary N) is 1. The Hall–Kier alpha value is -3.48. The van der Waals surface area contributed by atoms with Crippen LogP contribution in [0, 0.1) is 5.82 Å². The third-order valence-corrected chi connectivity index (χ3v) is 4.75. The summed E-state index contributed by atoms with van der Waals surface area (Å²) in [5, 5.41) is 2.87. The highest BCUT2D eigenvalue weighted by molar-refractivity contribution is 5.95. The van der Waals surface area contributed by atoms with E-state index in [1.54, 1.807) is 21.6 Å². The second-order valence-corrected chi connectivity index (χ2v) is 6.62. The summed E-state index contributed by atoms with van der Waals surface area (Å²) >= 11 is 0. The smallest absolute Gasteiger partial charge is 0.270 e. The lowest BCUT2D eigenvalue weighted by Gasteiger charge is -2.16. The van der Waals surface area contributed by atoms with Gasteiger partial charge in [0.05, 0.1) is 12.5 Å². The third kappa shape index (κ3) is 3.64. The molecule has 1 aliphatic rings. The molecule has 3 aromatic rings. The van der Waals surface area contributed by atoms with Crippen molar-refractivity contribution in [3.05, 3.63) is 78.1 Å². The zero-order valence-corrected chi connectivity index (χ0v) is 15.1. The first-order valence-electron chi connectivity index (χ1n) is 9.07. The van der Waals surface area contributed by atoms with E-state index in [2.05, 4.69) is 10.3 Å². The van der Waals surface area contributed by atoms with Crippen molar-refractivity contribution in [3.8, 4) is 5.69 Å². The fourth-order valence-corrected chi connectivity index (χ4v) is 3.26. The van der Waals surface area contributed by atoms with Crippen LogP contribution in [0.25, 0.3) is 5.69 Å². The van der Waals surface area contributed by atoms with Crippen molar-refractivity contribution in [2.45, 2.75) is 19.4 Å². The lowest BCUT2D eigenvalue weighted by Crippen LogP contribution is -2.25. The molecule has 0 unspecified atom stereocenters. The predicted molar refractivity (Wildman–Crippen MR) is 103 cm³/mol. The highest BCUT2D eigenvalue weighted by Gasteiger charge is 2.21. The number of benzene rings is 2. The summed E-state index contributed by atoms with van der Waals surface area (Å²) < 4.78 is 14.7. The number of imidazole rings is 1. The van der Waals surface area contributed by atoms with Crippen molar-refractivity contribution >= 4 is 17.5 Å². The highest BCUT2D eigenvalue weighted by atomic mass is 19.1. The lowest BCUT2D eigenvalue weighted by molar-refractivity contribution is -0.117. The minimum absolute atomic E-state index is 0.148. The molecule has 0 aliphatic carbocycles. The summed E-state index contributed by atoms with van der Waals surface area (Å²) in [7, 11) is 0. The fraction of sp³-hybridized carbons (Fsp3) is 0.190. The van der Waals surface area contributed by atoms with Gasteiger partial charge in [-0.25, -0.2) is 9.37 Å². The van der Waals surface area contributed by atoms with Gasteiger partial charge in [0.2, 0.25) is 5.91 Å². The molecule has 0 spiro atoms. The van der Waals surface area contributed by atoms with Crippen molar-refractivity contribution in [2.75, 3.05) is 11.4 Å². The minimum Gasteiger partial charge on any atom is -0.347 e. The Morgan fingerprint density at radius 1 is 1.07 bits per heavy atom. The van der Waals surface area contributed by atoms with E-state index in [0.29, 0.717) is 24.3 Å². The first-order chi connectivity index (χ1) is 13.6. The number of aromatic nitrogens is 2. The van der Waals surface area contributed by atoms with Gasteiger partial charge in [0.15, 0.2) is 0 Å². The first kappa shape index (κ1) is 17.9. The van der Waals surface area contributed by atoms with Gasteiger partial charge in [0.25, 0.3) is 5.91 Å². The second-order valence-electron chi connectivity index (χ2n) is 6.62. The molecule has 6 nitrogen and oxygen atoms in total. The van der Waals surface area contributed by atoms with E-state index in [-0.39, 0.29) is 17.6 Å². The number of amides is 2. The van der Waals surface area contributed by atoms with Crippen molar-refractivity contribution in [2.24, 2.45) is 0 Å². The van der Waals surface area contributed by atoms with Crippen LogP contribution in [-0.4, -0.2) is 27.9 Å². The normalized spacial score (nSPS) is 13.8. The number of carbonyl (C=O) groups is 2. The van der Waals surface area contributed by atoms with E-state index in [1.165, 1.54) is 24.7 Å². The topological polar surface area (TPSA) is 67.2 Å². The lowest BCUT2D eigenvalue weighted by atomic mass is 10.2. The summed E-state index contributed by atoms with van der Waals surface area (Å²) in [4.78, 5) is 30.2. The molecule has 1 aromatic heterocycles. The van der Waals surface area contributed by atoms with Gasteiger partial charge in [-0.2, -0.15) is 0 Å². The highest BCUT2D eigenvalue weighted by Crippen LogP contribution is 2.21. The molecule has 0 bridgehead atoms. The molecule has 0 saturated carbocycles. The summed E-state index contributed by atoms with van der Waals surface area (Å²) in [6.45, 7) is 1.10. The van der Waals surface area contributed by atoms with Gasteiger partial charge in [-0.3, -0.25) is 14.2 Å². The average Bonchev–Trinajstić information content (AvgIpc) is 3.36. The molecule has 7 heteroatoms. The van der Waals surface area contributed by atoms with Crippen LogP contribution < -0.4 is 10.2 Å². The predicted octanol–water partition coefficient (Wildman–Crippen LogP) is 3.07. The molecule has 1 saturated heterocycles. The number of halogens is 1. The molecule has 4 rings (SSSR count). The molecule has 2 heterocycles. The molecule has 142 valence electrons. The van der Waals surface area contributed by atoms with Gasteiger partial charge >= 0.3 is 0 Å². The molecule has 1 fully saturated rings. The van der Waals surface area contributed by atoms with Crippen LogP contribution in [-0.2, 0) is 11.3 Å². The van der Waals surface area contributed by atoms with E-state index in [4.69, 9.17) is 0 Å². The Morgan fingerprint density at radius 2 is 1.79 bits per heavy atom. The van der Waals surface area contributed by atoms with Gasteiger partial charge in [0.1, 0.15) is 11.5 Å². The number of rotatable bonds is 5. The molecule has 0 radical (unpaired) electrons. The summed E-state index contributed by atoms with van der Waals surface area (Å²) in [6.07, 6.45) is 4.47. The average molecular weight is 378 g/mol. The maximum Gasteiger partial charge on any atom is 0.270 e. The molecule has 1 aliphatic heterocycles. The molecular weight excluding hydrogens is 359 g/mol. The summed E-state index contributed by atoms with van der Waals surface area (Å²) in [5.74, 6) is -0.468. The summed E-state index contributed by atoms with van der Waals surface area (Å²) in [6, 6.07) is 13.4. The van der Waals surface area contributed by atoms with Crippen molar-refractivity contribution < 1.29 is 14.0 Å². The standard InChI is InChI=1S/C21H19FN4O2/c22-16-5-9-18(10-6-16)26-14-23-13-19(26)21(28)24-12-15-3-7-17(8-4-15)25-11-1-2-20(25)27/h3-10,13-14H,1-2,11-12H2,(H,24,28). The molecule has 2 amide bonds. The van der Waals surface area contributed by atoms with Crippen LogP contribution in [0.3, 0.4) is 0 Å². The number of carbonyl (C=O) groups excluding carboxylic acids is 2. The van der Waals surface area contributed by atoms with Gasteiger partial charge in [0, 0.05) is 30.9 Å². The zero-order chi connectivity index (χ0) is 19.5. The Balaban J connectivity index is 1.42. The van der Waals surface area contributed by atoms with E-state index < -0.39 is 0 Å². The fourth-order valence-electron chi connectivity index (χ4n) is 3.26. The molecule has 2 aromatic carbocycles. The summed E-state index contributed by atoms with van der Waals surface area (Å²) in [5.41, 5.74) is 2.83. The van der Waals surface area contributed by atoms with Crippen LogP contribution in [0.1, 0.15) is 28.9 Å². The molecule has 0 atom stereocenters. The zero-order valence-electron chi connectivity index (χ0n) is 15.1. The second kappa shape index (κ2) is 7.64. The number of hydrogen-bond acceptors (Lipinski definition) is 3. The van der Waals surface area contributed by atoms with E-state index in [1.807, 2.05) is 24.3 Å². The Morgan fingerprint density at radius 3 is 2.46 bits per heavy atom. The van der Waals surface area contributed by atoms with Crippen molar-refractivity contribution in [3.63, 3.8) is 0 Å². The largest absolute Gasteiger partial charge is 0.347 e.